The fourth-order valence-electron chi connectivity index (χ4n) is 2.04. The monoisotopic (exact) mass is 238 g/mol. The molecule has 94 valence electrons. The standard InChI is InChI=1S/C11H18N4O2/c1-7-8(6-15(2)14-7)4-13-11(17)10-3-9(16)5-12-10/h6,9-10,12,16H,3-5H2,1-2H3,(H,13,17). The maximum absolute atomic E-state index is 11.8. The maximum Gasteiger partial charge on any atom is 0.237 e. The number of carbonyl (C=O) groups excluding carboxylic acids is 1. The van der Waals surface area contributed by atoms with E-state index in [0.717, 1.165) is 11.3 Å². The van der Waals surface area contributed by atoms with Gasteiger partial charge in [-0.25, -0.2) is 0 Å². The molecule has 1 aromatic heterocycles. The summed E-state index contributed by atoms with van der Waals surface area (Å²) in [4.78, 5) is 11.8. The van der Waals surface area contributed by atoms with Crippen LogP contribution in [0.5, 0.6) is 0 Å². The van der Waals surface area contributed by atoms with E-state index >= 15 is 0 Å². The Bertz CT molecular complexity index is 416. The van der Waals surface area contributed by atoms with E-state index in [-0.39, 0.29) is 11.9 Å². The third-order valence-corrected chi connectivity index (χ3v) is 2.99. The number of carbonyl (C=O) groups is 1. The molecule has 0 saturated carbocycles. The Morgan fingerprint density at radius 1 is 1.76 bits per heavy atom. The lowest BCUT2D eigenvalue weighted by Gasteiger charge is -2.10. The molecule has 2 atom stereocenters. The lowest BCUT2D eigenvalue weighted by molar-refractivity contribution is -0.123. The van der Waals surface area contributed by atoms with Crippen molar-refractivity contribution in [2.75, 3.05) is 6.54 Å². The van der Waals surface area contributed by atoms with E-state index in [2.05, 4.69) is 15.7 Å². The second kappa shape index (κ2) is 4.85. The van der Waals surface area contributed by atoms with Crippen LogP contribution >= 0.6 is 0 Å². The first kappa shape index (κ1) is 12.1. The van der Waals surface area contributed by atoms with Gasteiger partial charge in [-0.2, -0.15) is 5.10 Å². The van der Waals surface area contributed by atoms with Crippen LogP contribution in [-0.2, 0) is 18.4 Å². The summed E-state index contributed by atoms with van der Waals surface area (Å²) >= 11 is 0. The van der Waals surface area contributed by atoms with E-state index in [9.17, 15) is 9.90 Å². The molecule has 6 nitrogen and oxygen atoms in total. The molecule has 1 aliphatic heterocycles. The van der Waals surface area contributed by atoms with E-state index in [1.165, 1.54) is 0 Å². The highest BCUT2D eigenvalue weighted by molar-refractivity contribution is 5.82. The molecule has 0 radical (unpaired) electrons. The molecule has 1 amide bonds. The molecule has 0 aliphatic carbocycles. The van der Waals surface area contributed by atoms with Crippen molar-refractivity contribution in [1.82, 2.24) is 20.4 Å². The van der Waals surface area contributed by atoms with Gasteiger partial charge in [0.15, 0.2) is 0 Å². The van der Waals surface area contributed by atoms with Crippen molar-refractivity contribution in [1.29, 1.82) is 0 Å². The van der Waals surface area contributed by atoms with Crippen molar-refractivity contribution in [2.24, 2.45) is 7.05 Å². The van der Waals surface area contributed by atoms with Crippen LogP contribution < -0.4 is 10.6 Å². The van der Waals surface area contributed by atoms with Gasteiger partial charge in [-0.1, -0.05) is 0 Å². The maximum atomic E-state index is 11.8. The Kier molecular flexibility index (Phi) is 3.44. The van der Waals surface area contributed by atoms with Crippen LogP contribution in [0.4, 0.5) is 0 Å². The molecular formula is C11H18N4O2. The molecule has 0 aromatic carbocycles. The molecule has 6 heteroatoms. The SMILES string of the molecule is Cc1nn(C)cc1CNC(=O)C1CC(O)CN1. The smallest absolute Gasteiger partial charge is 0.237 e. The molecule has 2 heterocycles. The van der Waals surface area contributed by atoms with Gasteiger partial charge in [0.25, 0.3) is 0 Å². The summed E-state index contributed by atoms with van der Waals surface area (Å²) in [5.41, 5.74) is 1.94. The van der Waals surface area contributed by atoms with Crippen molar-refractivity contribution in [3.8, 4) is 0 Å². The Labute approximate surface area is 100 Å². The van der Waals surface area contributed by atoms with Crippen molar-refractivity contribution in [3.63, 3.8) is 0 Å². The van der Waals surface area contributed by atoms with E-state index in [1.807, 2.05) is 20.2 Å². The number of nitrogens with zero attached hydrogens (tertiary/aromatic N) is 2. The second-order valence-corrected chi connectivity index (χ2v) is 4.48. The average molecular weight is 238 g/mol. The van der Waals surface area contributed by atoms with Crippen molar-refractivity contribution < 1.29 is 9.90 Å². The first-order chi connectivity index (χ1) is 8.06. The fraction of sp³-hybridized carbons (Fsp3) is 0.636. The van der Waals surface area contributed by atoms with Gasteiger partial charge in [0, 0.05) is 31.9 Å². The molecule has 1 aliphatic rings. The number of hydrogen-bond donors (Lipinski definition) is 3. The Hall–Kier alpha value is -1.40. The summed E-state index contributed by atoms with van der Waals surface area (Å²) in [6, 6.07) is -0.276. The lowest BCUT2D eigenvalue weighted by Crippen LogP contribution is -2.40. The number of aliphatic hydroxyl groups is 1. The van der Waals surface area contributed by atoms with E-state index < -0.39 is 6.10 Å². The number of aromatic nitrogens is 2. The highest BCUT2D eigenvalue weighted by atomic mass is 16.3. The number of hydrogen-bond acceptors (Lipinski definition) is 4. The quantitative estimate of drug-likeness (QED) is 0.635. The largest absolute Gasteiger partial charge is 0.392 e. The number of aryl methyl sites for hydroxylation is 2. The Morgan fingerprint density at radius 2 is 2.53 bits per heavy atom. The molecule has 2 rings (SSSR count). The predicted molar refractivity (Wildman–Crippen MR) is 62.2 cm³/mol. The summed E-state index contributed by atoms with van der Waals surface area (Å²) in [5.74, 6) is -0.0650. The van der Waals surface area contributed by atoms with Gasteiger partial charge in [0.1, 0.15) is 0 Å². The molecule has 3 N–H and O–H groups in total. The first-order valence-corrected chi connectivity index (χ1v) is 5.74. The zero-order chi connectivity index (χ0) is 12.4. The third kappa shape index (κ3) is 2.83. The molecule has 2 unspecified atom stereocenters. The first-order valence-electron chi connectivity index (χ1n) is 5.74. The van der Waals surface area contributed by atoms with Crippen LogP contribution in [0.25, 0.3) is 0 Å². The van der Waals surface area contributed by atoms with Crippen LogP contribution in [0.2, 0.25) is 0 Å². The van der Waals surface area contributed by atoms with E-state index in [1.54, 1.807) is 4.68 Å². The summed E-state index contributed by atoms with van der Waals surface area (Å²) < 4.78 is 1.73. The van der Waals surface area contributed by atoms with Gasteiger partial charge in [0.05, 0.1) is 17.8 Å². The summed E-state index contributed by atoms with van der Waals surface area (Å²) in [6.45, 7) is 2.88. The van der Waals surface area contributed by atoms with Gasteiger partial charge in [-0.05, 0) is 13.3 Å². The third-order valence-electron chi connectivity index (χ3n) is 2.99. The molecule has 17 heavy (non-hydrogen) atoms. The topological polar surface area (TPSA) is 79.2 Å². The minimum atomic E-state index is -0.411. The van der Waals surface area contributed by atoms with E-state index in [0.29, 0.717) is 19.5 Å². The summed E-state index contributed by atoms with van der Waals surface area (Å²) in [6.07, 6.45) is 1.97. The highest BCUT2D eigenvalue weighted by Crippen LogP contribution is 2.08. The van der Waals surface area contributed by atoms with Crippen molar-refractivity contribution >= 4 is 5.91 Å². The van der Waals surface area contributed by atoms with Crippen molar-refractivity contribution in [2.45, 2.75) is 32.0 Å². The highest BCUT2D eigenvalue weighted by Gasteiger charge is 2.27. The van der Waals surface area contributed by atoms with Gasteiger partial charge in [-0.15, -0.1) is 0 Å². The van der Waals surface area contributed by atoms with Crippen LogP contribution in [0.15, 0.2) is 6.20 Å². The average Bonchev–Trinajstić information content (AvgIpc) is 2.82. The number of amides is 1. The second-order valence-electron chi connectivity index (χ2n) is 4.48. The summed E-state index contributed by atoms with van der Waals surface area (Å²) in [5, 5.41) is 19.4. The van der Waals surface area contributed by atoms with E-state index in [4.69, 9.17) is 0 Å². The molecule has 0 spiro atoms. The van der Waals surface area contributed by atoms with Crippen LogP contribution in [0.3, 0.4) is 0 Å². The van der Waals surface area contributed by atoms with Crippen LogP contribution in [0.1, 0.15) is 17.7 Å². The number of nitrogens with one attached hydrogen (secondary N) is 2. The van der Waals surface area contributed by atoms with Crippen LogP contribution in [-0.4, -0.2) is 39.5 Å². The zero-order valence-electron chi connectivity index (χ0n) is 10.1. The lowest BCUT2D eigenvalue weighted by atomic mass is 10.2. The minimum Gasteiger partial charge on any atom is -0.392 e. The fourth-order valence-corrected chi connectivity index (χ4v) is 2.04. The predicted octanol–water partition coefficient (Wildman–Crippen LogP) is -0.932. The summed E-state index contributed by atoms with van der Waals surface area (Å²) in [7, 11) is 1.85. The zero-order valence-corrected chi connectivity index (χ0v) is 10.1. The molecular weight excluding hydrogens is 220 g/mol. The van der Waals surface area contributed by atoms with Crippen LogP contribution in [0, 0.1) is 6.92 Å². The number of β-amino-alcohol motifs (C(OH)–C–C–N with tert-alkyl or cyclic N) is 1. The van der Waals surface area contributed by atoms with Gasteiger partial charge in [-0.3, -0.25) is 9.48 Å². The molecule has 1 aromatic rings. The van der Waals surface area contributed by atoms with Gasteiger partial charge >= 0.3 is 0 Å². The number of aliphatic hydroxyl groups excluding tert-OH is 1. The Morgan fingerprint density at radius 3 is 3.06 bits per heavy atom. The molecule has 0 bridgehead atoms. The minimum absolute atomic E-state index is 0.0650. The normalized spacial score (nSPS) is 23.9. The number of rotatable bonds is 3. The van der Waals surface area contributed by atoms with Gasteiger partial charge < -0.3 is 15.7 Å². The Balaban J connectivity index is 1.86. The molecule has 1 fully saturated rings. The van der Waals surface area contributed by atoms with Crippen molar-refractivity contribution in [3.05, 3.63) is 17.5 Å². The van der Waals surface area contributed by atoms with Gasteiger partial charge in [0.2, 0.25) is 5.91 Å². The molecule has 1 saturated heterocycles.